The first kappa shape index (κ1) is 21.3. The van der Waals surface area contributed by atoms with Crippen molar-refractivity contribution in [3.8, 4) is 11.5 Å². The minimum absolute atomic E-state index is 0.0150. The van der Waals surface area contributed by atoms with E-state index in [2.05, 4.69) is 15.6 Å². The number of pyridine rings is 1. The Morgan fingerprint density at radius 2 is 1.81 bits per heavy atom. The molecule has 9 nitrogen and oxygen atoms in total. The summed E-state index contributed by atoms with van der Waals surface area (Å²) in [6.07, 6.45) is 2.07. The maximum atomic E-state index is 14.3. The molecule has 0 atom stereocenters. The summed E-state index contributed by atoms with van der Waals surface area (Å²) in [5, 5.41) is 15.3. The standard InChI is InChI=1S/C20H14F2N4O5/c21-13-3-1-12(2-4-13)9-19(27)25-20(28)24-14-5-6-17(15(22)10-14)31-18-7-8-23-11-16(18)26(29)30/h1-8,10-11H,9H2,(H2,24,25,27,28). The number of imide groups is 1. The van der Waals surface area contributed by atoms with E-state index in [1.54, 1.807) is 0 Å². The number of nitrogens with zero attached hydrogens (tertiary/aromatic N) is 2. The van der Waals surface area contributed by atoms with E-state index in [-0.39, 0.29) is 23.6 Å². The Kier molecular flexibility index (Phi) is 6.45. The molecule has 0 aliphatic rings. The number of anilines is 1. The zero-order valence-corrected chi connectivity index (χ0v) is 15.7. The predicted molar refractivity (Wildman–Crippen MR) is 105 cm³/mol. The second-order valence-corrected chi connectivity index (χ2v) is 6.15. The van der Waals surface area contributed by atoms with Crippen LogP contribution in [-0.4, -0.2) is 21.8 Å². The number of carbonyl (C=O) groups is 2. The number of ether oxygens (including phenoxy) is 1. The highest BCUT2D eigenvalue weighted by Crippen LogP contribution is 2.32. The Bertz CT molecular complexity index is 1140. The quantitative estimate of drug-likeness (QED) is 0.453. The summed E-state index contributed by atoms with van der Waals surface area (Å²) in [5.41, 5.74) is 0.0776. The molecule has 0 spiro atoms. The van der Waals surface area contributed by atoms with Crippen LogP contribution in [-0.2, 0) is 11.2 Å². The third-order valence-corrected chi connectivity index (χ3v) is 3.90. The summed E-state index contributed by atoms with van der Waals surface area (Å²) < 4.78 is 32.4. The molecule has 0 bridgehead atoms. The SMILES string of the molecule is O=C(Cc1ccc(F)cc1)NC(=O)Nc1ccc(Oc2ccncc2[N+](=O)[O-])c(F)c1. The Morgan fingerprint density at radius 3 is 2.48 bits per heavy atom. The molecule has 0 fully saturated rings. The lowest BCUT2D eigenvalue weighted by molar-refractivity contribution is -0.386. The van der Waals surface area contributed by atoms with Gasteiger partial charge in [-0.15, -0.1) is 0 Å². The zero-order valence-electron chi connectivity index (χ0n) is 15.7. The fraction of sp³-hybridized carbons (Fsp3) is 0.0500. The van der Waals surface area contributed by atoms with Gasteiger partial charge in [-0.3, -0.25) is 25.2 Å². The van der Waals surface area contributed by atoms with Crippen LogP contribution in [0.25, 0.3) is 0 Å². The van der Waals surface area contributed by atoms with Crippen LogP contribution < -0.4 is 15.4 Å². The number of nitrogens with one attached hydrogen (secondary N) is 2. The lowest BCUT2D eigenvalue weighted by atomic mass is 10.1. The number of nitro groups is 1. The van der Waals surface area contributed by atoms with Crippen molar-refractivity contribution in [3.05, 3.63) is 88.2 Å². The summed E-state index contributed by atoms with van der Waals surface area (Å²) in [6, 6.07) is 8.89. The van der Waals surface area contributed by atoms with Crippen LogP contribution >= 0.6 is 0 Å². The number of rotatable bonds is 6. The van der Waals surface area contributed by atoms with Crippen LogP contribution in [0.3, 0.4) is 0 Å². The minimum atomic E-state index is -0.901. The average molecular weight is 428 g/mol. The van der Waals surface area contributed by atoms with Gasteiger partial charge in [0.2, 0.25) is 11.7 Å². The molecule has 0 unspecified atom stereocenters. The van der Waals surface area contributed by atoms with E-state index in [1.807, 2.05) is 0 Å². The molecule has 2 aromatic carbocycles. The lowest BCUT2D eigenvalue weighted by Crippen LogP contribution is -2.35. The number of hydrogen-bond donors (Lipinski definition) is 2. The van der Waals surface area contributed by atoms with Gasteiger partial charge in [0.25, 0.3) is 0 Å². The highest BCUT2D eigenvalue weighted by molar-refractivity contribution is 6.01. The summed E-state index contributed by atoms with van der Waals surface area (Å²) in [7, 11) is 0. The van der Waals surface area contributed by atoms with E-state index in [0.29, 0.717) is 5.56 Å². The normalized spacial score (nSPS) is 10.3. The minimum Gasteiger partial charge on any atom is -0.447 e. The van der Waals surface area contributed by atoms with Gasteiger partial charge in [-0.2, -0.15) is 0 Å². The van der Waals surface area contributed by atoms with Crippen LogP contribution in [0.4, 0.5) is 25.0 Å². The molecule has 2 N–H and O–H groups in total. The van der Waals surface area contributed by atoms with Gasteiger partial charge < -0.3 is 10.1 Å². The number of halogens is 2. The molecule has 0 saturated carbocycles. The van der Waals surface area contributed by atoms with Gasteiger partial charge in [0.15, 0.2) is 11.6 Å². The predicted octanol–water partition coefficient (Wildman–Crippen LogP) is 3.95. The van der Waals surface area contributed by atoms with Crippen LogP contribution in [0.1, 0.15) is 5.56 Å². The molecule has 1 aromatic heterocycles. The highest BCUT2D eigenvalue weighted by Gasteiger charge is 2.17. The second kappa shape index (κ2) is 9.39. The molecule has 3 aromatic rings. The molecule has 0 radical (unpaired) electrons. The maximum absolute atomic E-state index is 14.3. The van der Waals surface area contributed by atoms with Crippen molar-refractivity contribution in [2.24, 2.45) is 0 Å². The number of carbonyl (C=O) groups excluding carboxylic acids is 2. The van der Waals surface area contributed by atoms with Gasteiger partial charge in [-0.25, -0.2) is 13.6 Å². The monoisotopic (exact) mass is 428 g/mol. The van der Waals surface area contributed by atoms with Crippen LogP contribution in [0.15, 0.2) is 60.9 Å². The fourth-order valence-electron chi connectivity index (χ4n) is 2.50. The van der Waals surface area contributed by atoms with Crippen molar-refractivity contribution < 1.29 is 28.0 Å². The van der Waals surface area contributed by atoms with E-state index < -0.39 is 34.2 Å². The Hall–Kier alpha value is -4.41. The first-order valence-electron chi connectivity index (χ1n) is 8.73. The topological polar surface area (TPSA) is 123 Å². The number of amides is 3. The van der Waals surface area contributed by atoms with Gasteiger partial charge in [0, 0.05) is 24.0 Å². The van der Waals surface area contributed by atoms with Crippen molar-refractivity contribution in [1.82, 2.24) is 10.3 Å². The summed E-state index contributed by atoms with van der Waals surface area (Å²) in [5.74, 6) is -2.51. The van der Waals surface area contributed by atoms with Crippen LogP contribution in [0, 0.1) is 21.7 Å². The molecule has 1 heterocycles. The molecule has 0 saturated heterocycles. The van der Waals surface area contributed by atoms with Crippen molar-refractivity contribution in [3.63, 3.8) is 0 Å². The summed E-state index contributed by atoms with van der Waals surface area (Å²) >= 11 is 0. The molecule has 0 aliphatic carbocycles. The zero-order chi connectivity index (χ0) is 22.4. The molecular weight excluding hydrogens is 414 g/mol. The Labute approximate surface area is 173 Å². The maximum Gasteiger partial charge on any atom is 0.329 e. The lowest BCUT2D eigenvalue weighted by Gasteiger charge is -2.10. The average Bonchev–Trinajstić information content (AvgIpc) is 2.72. The Balaban J connectivity index is 1.61. The molecule has 11 heteroatoms. The summed E-state index contributed by atoms with van der Waals surface area (Å²) in [4.78, 5) is 37.7. The number of aromatic nitrogens is 1. The number of urea groups is 1. The smallest absolute Gasteiger partial charge is 0.329 e. The van der Waals surface area contributed by atoms with Gasteiger partial charge in [0.1, 0.15) is 12.0 Å². The molecule has 3 rings (SSSR count). The van der Waals surface area contributed by atoms with Crippen molar-refractivity contribution in [1.29, 1.82) is 0 Å². The van der Waals surface area contributed by atoms with Gasteiger partial charge in [-0.05, 0) is 29.8 Å². The molecule has 3 amide bonds. The van der Waals surface area contributed by atoms with Crippen LogP contribution in [0.5, 0.6) is 11.5 Å². The molecule has 0 aliphatic heterocycles. The first-order valence-corrected chi connectivity index (χ1v) is 8.73. The van der Waals surface area contributed by atoms with Crippen molar-refractivity contribution in [2.75, 3.05) is 5.32 Å². The van der Waals surface area contributed by atoms with Gasteiger partial charge in [-0.1, -0.05) is 12.1 Å². The van der Waals surface area contributed by atoms with Crippen LogP contribution in [0.2, 0.25) is 0 Å². The van der Waals surface area contributed by atoms with Gasteiger partial charge >= 0.3 is 11.7 Å². The Morgan fingerprint density at radius 1 is 1.06 bits per heavy atom. The molecule has 158 valence electrons. The molecule has 31 heavy (non-hydrogen) atoms. The fourth-order valence-corrected chi connectivity index (χ4v) is 2.50. The van der Waals surface area contributed by atoms with E-state index in [9.17, 15) is 28.5 Å². The van der Waals surface area contributed by atoms with Crippen molar-refractivity contribution in [2.45, 2.75) is 6.42 Å². The van der Waals surface area contributed by atoms with Gasteiger partial charge in [0.05, 0.1) is 11.3 Å². The largest absolute Gasteiger partial charge is 0.447 e. The number of hydrogen-bond acceptors (Lipinski definition) is 6. The molecular formula is C20H14F2N4O5. The third-order valence-electron chi connectivity index (χ3n) is 3.90. The van der Waals surface area contributed by atoms with E-state index >= 15 is 0 Å². The van der Waals surface area contributed by atoms with E-state index in [1.165, 1.54) is 42.6 Å². The third kappa shape index (κ3) is 5.79. The second-order valence-electron chi connectivity index (χ2n) is 6.15. The van der Waals surface area contributed by atoms with E-state index in [4.69, 9.17) is 4.74 Å². The van der Waals surface area contributed by atoms with E-state index in [0.717, 1.165) is 18.3 Å². The first-order chi connectivity index (χ1) is 14.8. The highest BCUT2D eigenvalue weighted by atomic mass is 19.1. The summed E-state index contributed by atoms with van der Waals surface area (Å²) in [6.45, 7) is 0. The van der Waals surface area contributed by atoms with Crippen molar-refractivity contribution >= 4 is 23.3 Å². The number of benzene rings is 2.